The second kappa shape index (κ2) is 11.0. The number of ether oxygens (including phenoxy) is 1. The van der Waals surface area contributed by atoms with E-state index in [0.717, 1.165) is 54.4 Å². The molecule has 1 aliphatic heterocycles. The molecule has 1 heterocycles. The maximum atomic E-state index is 12.9. The normalized spacial score (nSPS) is 15.4. The van der Waals surface area contributed by atoms with Gasteiger partial charge in [-0.1, -0.05) is 71.3 Å². The third-order valence-corrected chi connectivity index (χ3v) is 6.41. The molecular weight excluding hydrogens is 432 g/mol. The summed E-state index contributed by atoms with van der Waals surface area (Å²) in [6.45, 7) is 8.56. The number of aryl methyl sites for hydroxylation is 2. The van der Waals surface area contributed by atoms with E-state index in [1.807, 2.05) is 60.4 Å². The van der Waals surface area contributed by atoms with Gasteiger partial charge >= 0.3 is 0 Å². The first kappa shape index (κ1) is 23.5. The molecule has 1 aliphatic rings. The van der Waals surface area contributed by atoms with Crippen molar-refractivity contribution < 1.29 is 9.53 Å². The molecular formula is C28H31ClN2O2. The Labute approximate surface area is 201 Å². The van der Waals surface area contributed by atoms with E-state index in [0.29, 0.717) is 6.61 Å². The van der Waals surface area contributed by atoms with E-state index in [-0.39, 0.29) is 12.0 Å². The van der Waals surface area contributed by atoms with E-state index in [1.54, 1.807) is 0 Å². The van der Waals surface area contributed by atoms with Crippen LogP contribution in [0.1, 0.15) is 38.7 Å². The molecule has 0 aliphatic carbocycles. The molecule has 1 saturated heterocycles. The van der Waals surface area contributed by atoms with E-state index in [9.17, 15) is 4.79 Å². The number of nitrogens with zero attached hydrogens (tertiary/aromatic N) is 2. The van der Waals surface area contributed by atoms with Crippen molar-refractivity contribution in [3.8, 4) is 0 Å². The number of hydrogen-bond donors (Lipinski definition) is 0. The first-order valence-electron chi connectivity index (χ1n) is 11.5. The molecule has 5 heteroatoms. The smallest absolute Gasteiger partial charge is 0.253 e. The van der Waals surface area contributed by atoms with Crippen molar-refractivity contribution in [2.24, 2.45) is 0 Å². The van der Waals surface area contributed by atoms with Gasteiger partial charge in [-0.25, -0.2) is 0 Å². The minimum absolute atomic E-state index is 0.0675. The lowest BCUT2D eigenvalue weighted by molar-refractivity contribution is 0.00341. The van der Waals surface area contributed by atoms with Crippen LogP contribution in [0, 0.1) is 13.8 Å². The van der Waals surface area contributed by atoms with Crippen molar-refractivity contribution in [3.63, 3.8) is 0 Å². The number of amides is 1. The number of piperazine rings is 1. The molecule has 4 nitrogen and oxygen atoms in total. The number of halogens is 1. The molecule has 1 atom stereocenters. The summed E-state index contributed by atoms with van der Waals surface area (Å²) in [4.78, 5) is 17.2. The van der Waals surface area contributed by atoms with Crippen molar-refractivity contribution in [2.75, 3.05) is 32.7 Å². The summed E-state index contributed by atoms with van der Waals surface area (Å²) >= 11 is 6.11. The Morgan fingerprint density at radius 2 is 1.61 bits per heavy atom. The van der Waals surface area contributed by atoms with Gasteiger partial charge in [0.2, 0.25) is 0 Å². The molecule has 0 radical (unpaired) electrons. The highest BCUT2D eigenvalue weighted by atomic mass is 35.5. The van der Waals surface area contributed by atoms with Gasteiger partial charge in [0.1, 0.15) is 0 Å². The topological polar surface area (TPSA) is 32.8 Å². The maximum absolute atomic E-state index is 12.9. The Morgan fingerprint density at radius 1 is 0.909 bits per heavy atom. The van der Waals surface area contributed by atoms with Crippen LogP contribution in [-0.2, 0) is 11.3 Å². The fraction of sp³-hybridized carbons (Fsp3) is 0.321. The highest BCUT2D eigenvalue weighted by Crippen LogP contribution is 2.24. The SMILES string of the molecule is Cc1ccc(C(=O)N2CCN(C[C@H](OCc3cccc(C)c3)c3ccc(Cl)cc3)CC2)cc1. The van der Waals surface area contributed by atoms with E-state index < -0.39 is 0 Å². The zero-order valence-electron chi connectivity index (χ0n) is 19.3. The largest absolute Gasteiger partial charge is 0.368 e. The Morgan fingerprint density at radius 3 is 2.27 bits per heavy atom. The summed E-state index contributed by atoms with van der Waals surface area (Å²) in [6.07, 6.45) is -0.0675. The lowest BCUT2D eigenvalue weighted by atomic mass is 10.1. The Bertz CT molecular complexity index is 1060. The minimum Gasteiger partial charge on any atom is -0.368 e. The van der Waals surface area contributed by atoms with Crippen LogP contribution in [0.15, 0.2) is 72.8 Å². The highest BCUT2D eigenvalue weighted by Gasteiger charge is 2.25. The minimum atomic E-state index is -0.0675. The molecule has 0 spiro atoms. The van der Waals surface area contributed by atoms with Crippen LogP contribution in [-0.4, -0.2) is 48.4 Å². The van der Waals surface area contributed by atoms with Crippen molar-refractivity contribution in [1.82, 2.24) is 9.80 Å². The number of benzene rings is 3. The van der Waals surface area contributed by atoms with Gasteiger partial charge in [-0.3, -0.25) is 9.69 Å². The molecule has 0 aromatic heterocycles. The number of rotatable bonds is 7. The Hall–Kier alpha value is -2.66. The van der Waals surface area contributed by atoms with Crippen molar-refractivity contribution in [1.29, 1.82) is 0 Å². The van der Waals surface area contributed by atoms with Crippen molar-refractivity contribution in [2.45, 2.75) is 26.6 Å². The molecule has 0 saturated carbocycles. The molecule has 4 rings (SSSR count). The van der Waals surface area contributed by atoms with Crippen LogP contribution in [0.5, 0.6) is 0 Å². The standard InChI is InChI=1S/C28H31ClN2O2/c1-21-6-8-25(9-7-21)28(32)31-16-14-30(15-17-31)19-27(24-10-12-26(29)13-11-24)33-20-23-5-3-4-22(2)18-23/h3-13,18,27H,14-17,19-20H2,1-2H3/t27-/m0/s1. The van der Waals surface area contributed by atoms with Crippen molar-refractivity contribution in [3.05, 3.63) is 106 Å². The van der Waals surface area contributed by atoms with E-state index >= 15 is 0 Å². The molecule has 1 amide bonds. The molecule has 3 aromatic carbocycles. The van der Waals surface area contributed by atoms with Crippen LogP contribution in [0.2, 0.25) is 5.02 Å². The second-order valence-corrected chi connectivity index (χ2v) is 9.24. The monoisotopic (exact) mass is 462 g/mol. The summed E-state index contributed by atoms with van der Waals surface area (Å²) in [7, 11) is 0. The fourth-order valence-corrected chi connectivity index (χ4v) is 4.30. The molecule has 1 fully saturated rings. The van der Waals surface area contributed by atoms with Gasteiger partial charge in [-0.15, -0.1) is 0 Å². The lowest BCUT2D eigenvalue weighted by Gasteiger charge is -2.36. The predicted octanol–water partition coefficient (Wildman–Crippen LogP) is 5.67. The molecule has 0 unspecified atom stereocenters. The zero-order chi connectivity index (χ0) is 23.2. The van der Waals surface area contributed by atoms with Gasteiger partial charge in [-0.2, -0.15) is 0 Å². The van der Waals surface area contributed by atoms with E-state index in [1.165, 1.54) is 11.1 Å². The van der Waals surface area contributed by atoms with Crippen LogP contribution < -0.4 is 0 Å². The highest BCUT2D eigenvalue weighted by molar-refractivity contribution is 6.30. The van der Waals surface area contributed by atoms with Crippen LogP contribution in [0.25, 0.3) is 0 Å². The van der Waals surface area contributed by atoms with Gasteiger partial charge in [0.05, 0.1) is 12.7 Å². The quantitative estimate of drug-likeness (QED) is 0.453. The third-order valence-electron chi connectivity index (χ3n) is 6.16. The number of carbonyl (C=O) groups excluding carboxylic acids is 1. The Kier molecular flexibility index (Phi) is 7.81. The third kappa shape index (κ3) is 6.44. The molecule has 0 N–H and O–H groups in total. The van der Waals surface area contributed by atoms with Gasteiger partial charge < -0.3 is 9.64 Å². The van der Waals surface area contributed by atoms with Gasteiger partial charge in [0.15, 0.2) is 0 Å². The molecule has 3 aromatic rings. The van der Waals surface area contributed by atoms with Gasteiger partial charge in [0, 0.05) is 43.3 Å². The summed E-state index contributed by atoms with van der Waals surface area (Å²) < 4.78 is 6.40. The summed E-state index contributed by atoms with van der Waals surface area (Å²) in [6, 6.07) is 24.1. The van der Waals surface area contributed by atoms with Gasteiger partial charge in [0.25, 0.3) is 5.91 Å². The molecule has 172 valence electrons. The molecule has 0 bridgehead atoms. The average Bonchev–Trinajstić information content (AvgIpc) is 2.83. The van der Waals surface area contributed by atoms with Crippen LogP contribution >= 0.6 is 11.6 Å². The lowest BCUT2D eigenvalue weighted by Crippen LogP contribution is -2.49. The zero-order valence-corrected chi connectivity index (χ0v) is 20.1. The first-order valence-corrected chi connectivity index (χ1v) is 11.9. The number of carbonyl (C=O) groups is 1. The maximum Gasteiger partial charge on any atom is 0.253 e. The predicted molar refractivity (Wildman–Crippen MR) is 134 cm³/mol. The van der Waals surface area contributed by atoms with Crippen molar-refractivity contribution >= 4 is 17.5 Å². The van der Waals surface area contributed by atoms with Gasteiger partial charge in [-0.05, 0) is 49.2 Å². The fourth-order valence-electron chi connectivity index (χ4n) is 4.18. The van der Waals surface area contributed by atoms with Crippen LogP contribution in [0.4, 0.5) is 0 Å². The Balaban J connectivity index is 1.38. The number of hydrogen-bond acceptors (Lipinski definition) is 3. The van der Waals surface area contributed by atoms with E-state index in [2.05, 4.69) is 36.1 Å². The first-order chi connectivity index (χ1) is 16.0. The average molecular weight is 463 g/mol. The molecule has 33 heavy (non-hydrogen) atoms. The van der Waals surface area contributed by atoms with E-state index in [4.69, 9.17) is 16.3 Å². The second-order valence-electron chi connectivity index (χ2n) is 8.80. The summed E-state index contributed by atoms with van der Waals surface area (Å²) in [5.41, 5.74) is 5.44. The van der Waals surface area contributed by atoms with Crippen LogP contribution in [0.3, 0.4) is 0 Å². The summed E-state index contributed by atoms with van der Waals surface area (Å²) in [5, 5.41) is 0.722. The summed E-state index contributed by atoms with van der Waals surface area (Å²) in [5.74, 6) is 0.111.